The molecule has 2 aliphatic carbocycles. The molecule has 0 spiro atoms. The van der Waals surface area contributed by atoms with Gasteiger partial charge in [0.05, 0.1) is 10.5 Å². The summed E-state index contributed by atoms with van der Waals surface area (Å²) in [6.45, 7) is 9.53. The van der Waals surface area contributed by atoms with Gasteiger partial charge in [0.2, 0.25) is 5.91 Å². The first-order chi connectivity index (χ1) is 15.3. The summed E-state index contributed by atoms with van der Waals surface area (Å²) in [6.07, 6.45) is 5.28. The van der Waals surface area contributed by atoms with Gasteiger partial charge < -0.3 is 15.8 Å². The first kappa shape index (κ1) is 27.3. The van der Waals surface area contributed by atoms with Crippen LogP contribution in [0.5, 0.6) is 0 Å². The standard InChI is InChI=1S/C13H24N2O.C11H14N2O3S/c1-8-4-9-5-10(11(8)15-3)7-13(2,6-9)12(14)16;1-8-4-5-9(6-10(8)13(15)16)17-12-11(2,3)7-14/h8-11,15H,4-7H2,1-3H3,(H2,14,16);4-7,12H,1-3H3. The molecule has 1 amide bonds. The van der Waals surface area contributed by atoms with Crippen molar-refractivity contribution in [2.75, 3.05) is 7.05 Å². The summed E-state index contributed by atoms with van der Waals surface area (Å²) in [5.74, 6) is 1.96. The average molecular weight is 479 g/mol. The van der Waals surface area contributed by atoms with E-state index in [9.17, 15) is 19.7 Å². The summed E-state index contributed by atoms with van der Waals surface area (Å²) in [4.78, 5) is 33.3. The van der Waals surface area contributed by atoms with Crippen LogP contribution in [0.2, 0.25) is 0 Å². The van der Waals surface area contributed by atoms with Crippen LogP contribution in [0, 0.1) is 40.2 Å². The smallest absolute Gasteiger partial charge is 0.273 e. The number of benzene rings is 1. The summed E-state index contributed by atoms with van der Waals surface area (Å²) in [6, 6.07) is 5.53. The van der Waals surface area contributed by atoms with Crippen molar-refractivity contribution in [3.05, 3.63) is 33.9 Å². The Kier molecular flexibility index (Phi) is 9.07. The van der Waals surface area contributed by atoms with Gasteiger partial charge in [0.25, 0.3) is 5.69 Å². The van der Waals surface area contributed by atoms with Crippen LogP contribution in [0.25, 0.3) is 0 Å². The highest BCUT2D eigenvalue weighted by molar-refractivity contribution is 7.97. The lowest BCUT2D eigenvalue weighted by Crippen LogP contribution is -2.52. The Morgan fingerprint density at radius 1 is 1.33 bits per heavy atom. The Balaban J connectivity index is 0.000000234. The number of nitrogens with zero attached hydrogens (tertiary/aromatic N) is 1. The highest BCUT2D eigenvalue weighted by atomic mass is 32.2. The van der Waals surface area contributed by atoms with E-state index < -0.39 is 10.5 Å². The number of rotatable bonds is 7. The van der Waals surface area contributed by atoms with Gasteiger partial charge in [0.1, 0.15) is 6.29 Å². The topological polar surface area (TPSA) is 127 Å². The van der Waals surface area contributed by atoms with Gasteiger partial charge in [-0.15, -0.1) is 0 Å². The number of nitro groups is 1. The van der Waals surface area contributed by atoms with E-state index in [4.69, 9.17) is 5.73 Å². The minimum atomic E-state index is -0.662. The number of nitro benzene ring substituents is 1. The molecule has 1 aromatic rings. The summed E-state index contributed by atoms with van der Waals surface area (Å²) in [5.41, 5.74) is 5.35. The number of primary amides is 1. The molecule has 5 unspecified atom stereocenters. The van der Waals surface area contributed by atoms with Crippen LogP contribution in [0.1, 0.15) is 58.9 Å². The zero-order valence-electron chi connectivity index (χ0n) is 20.5. The third kappa shape index (κ3) is 7.01. The van der Waals surface area contributed by atoms with E-state index in [-0.39, 0.29) is 17.0 Å². The van der Waals surface area contributed by atoms with Crippen molar-refractivity contribution < 1.29 is 14.5 Å². The van der Waals surface area contributed by atoms with Crippen LogP contribution in [-0.4, -0.2) is 35.7 Å². The number of aryl methyl sites for hydroxylation is 1. The van der Waals surface area contributed by atoms with E-state index in [1.165, 1.54) is 30.9 Å². The van der Waals surface area contributed by atoms with Crippen LogP contribution in [0.4, 0.5) is 5.69 Å². The first-order valence-electron chi connectivity index (χ1n) is 11.4. The predicted molar refractivity (Wildman–Crippen MR) is 132 cm³/mol. The number of nitrogens with one attached hydrogen (secondary N) is 2. The fourth-order valence-corrected chi connectivity index (χ4v) is 6.01. The summed E-state index contributed by atoms with van der Waals surface area (Å²) in [7, 11) is 2.04. The van der Waals surface area contributed by atoms with Crippen molar-refractivity contribution in [2.24, 2.45) is 28.9 Å². The molecule has 2 aliphatic rings. The molecule has 2 fully saturated rings. The van der Waals surface area contributed by atoms with Crippen LogP contribution in [-0.2, 0) is 9.59 Å². The largest absolute Gasteiger partial charge is 0.369 e. The summed E-state index contributed by atoms with van der Waals surface area (Å²) >= 11 is 1.21. The lowest BCUT2D eigenvalue weighted by Gasteiger charge is -2.49. The van der Waals surface area contributed by atoms with Crippen molar-refractivity contribution in [2.45, 2.75) is 76.8 Å². The maximum Gasteiger partial charge on any atom is 0.273 e. The maximum atomic E-state index is 11.6. The van der Waals surface area contributed by atoms with Crippen molar-refractivity contribution in [3.8, 4) is 0 Å². The molecule has 9 heteroatoms. The number of nitrogens with two attached hydrogens (primary N) is 1. The van der Waals surface area contributed by atoms with Gasteiger partial charge in [-0.1, -0.05) is 19.9 Å². The van der Waals surface area contributed by atoms with Crippen molar-refractivity contribution in [1.82, 2.24) is 10.0 Å². The van der Waals surface area contributed by atoms with Gasteiger partial charge in [-0.05, 0) is 89.3 Å². The number of carbonyl (C=O) groups is 2. The minimum absolute atomic E-state index is 0.0840. The second-order valence-electron chi connectivity index (χ2n) is 10.5. The van der Waals surface area contributed by atoms with Crippen LogP contribution < -0.4 is 15.8 Å². The van der Waals surface area contributed by atoms with Gasteiger partial charge in [-0.2, -0.15) is 0 Å². The number of hydrogen-bond donors (Lipinski definition) is 3. The molecule has 0 aliphatic heterocycles. The van der Waals surface area contributed by atoms with E-state index in [0.29, 0.717) is 28.3 Å². The SMILES string of the molecule is CNC1C(C)CC2CC1CC(C)(C(N)=O)C2.Cc1ccc(SNC(C)(C)C=O)cc1[N+](=O)[O-]. The Labute approximate surface area is 201 Å². The Hall–Kier alpha value is -1.97. The number of hydrogen-bond acceptors (Lipinski definition) is 7. The normalized spacial score (nSPS) is 28.9. The van der Waals surface area contributed by atoms with Crippen LogP contribution in [0.15, 0.2) is 23.1 Å². The zero-order chi connectivity index (χ0) is 25.0. The van der Waals surface area contributed by atoms with E-state index in [1.807, 2.05) is 7.05 Å². The molecule has 3 rings (SSSR count). The molecule has 2 saturated carbocycles. The number of carbonyl (C=O) groups excluding carboxylic acids is 2. The van der Waals surface area contributed by atoms with E-state index >= 15 is 0 Å². The van der Waals surface area contributed by atoms with E-state index in [0.717, 1.165) is 25.0 Å². The molecule has 0 heterocycles. The highest BCUT2D eigenvalue weighted by Gasteiger charge is 2.47. The summed E-state index contributed by atoms with van der Waals surface area (Å²) < 4.78 is 2.94. The van der Waals surface area contributed by atoms with Crippen molar-refractivity contribution >= 4 is 29.8 Å². The lowest BCUT2D eigenvalue weighted by atomic mass is 9.57. The molecule has 1 aromatic carbocycles. The molecule has 4 N–H and O–H groups in total. The zero-order valence-corrected chi connectivity index (χ0v) is 21.3. The number of aldehydes is 1. The fraction of sp³-hybridized carbons (Fsp3) is 0.667. The Morgan fingerprint density at radius 3 is 2.55 bits per heavy atom. The lowest BCUT2D eigenvalue weighted by molar-refractivity contribution is -0.385. The monoisotopic (exact) mass is 478 g/mol. The Morgan fingerprint density at radius 2 is 2.00 bits per heavy atom. The molecule has 8 nitrogen and oxygen atoms in total. The van der Waals surface area contributed by atoms with Crippen molar-refractivity contribution in [3.63, 3.8) is 0 Å². The quantitative estimate of drug-likeness (QED) is 0.234. The van der Waals surface area contributed by atoms with Gasteiger partial charge in [0.15, 0.2) is 0 Å². The van der Waals surface area contributed by atoms with E-state index in [2.05, 4.69) is 23.9 Å². The third-order valence-electron chi connectivity index (χ3n) is 6.95. The van der Waals surface area contributed by atoms with Gasteiger partial charge in [-0.3, -0.25) is 14.9 Å². The van der Waals surface area contributed by atoms with Crippen LogP contribution >= 0.6 is 11.9 Å². The molecule has 2 bridgehead atoms. The van der Waals surface area contributed by atoms with Gasteiger partial charge >= 0.3 is 0 Å². The van der Waals surface area contributed by atoms with Crippen molar-refractivity contribution in [1.29, 1.82) is 0 Å². The first-order valence-corrected chi connectivity index (χ1v) is 12.3. The molecule has 0 radical (unpaired) electrons. The molecule has 33 heavy (non-hydrogen) atoms. The molecule has 5 atom stereocenters. The summed E-state index contributed by atoms with van der Waals surface area (Å²) in [5, 5.41) is 14.2. The Bertz CT molecular complexity index is 876. The molecular formula is C24H38N4O4S. The maximum absolute atomic E-state index is 11.6. The predicted octanol–water partition coefficient (Wildman–Crippen LogP) is 4.00. The molecule has 0 aromatic heterocycles. The third-order valence-corrected chi connectivity index (χ3v) is 8.06. The fourth-order valence-electron chi connectivity index (χ4n) is 5.27. The number of fused-ring (bicyclic) bond motifs is 2. The second-order valence-corrected chi connectivity index (χ2v) is 11.4. The molecular weight excluding hydrogens is 440 g/mol. The minimum Gasteiger partial charge on any atom is -0.369 e. The van der Waals surface area contributed by atoms with E-state index in [1.54, 1.807) is 32.9 Å². The molecule has 184 valence electrons. The number of amides is 1. The average Bonchev–Trinajstić information content (AvgIpc) is 2.73. The molecule has 0 saturated heterocycles. The highest BCUT2D eigenvalue weighted by Crippen LogP contribution is 2.50. The second kappa shape index (κ2) is 11.0. The van der Waals surface area contributed by atoms with Gasteiger partial charge in [-0.25, -0.2) is 4.72 Å². The van der Waals surface area contributed by atoms with Crippen LogP contribution in [0.3, 0.4) is 0 Å². The van der Waals surface area contributed by atoms with Gasteiger partial charge in [0, 0.05) is 28.0 Å².